The second-order valence-electron chi connectivity index (χ2n) is 6.01. The van der Waals surface area contributed by atoms with Gasteiger partial charge in [0.15, 0.2) is 0 Å². The number of carbonyl (C=O) groups excluding carboxylic acids is 2. The van der Waals surface area contributed by atoms with Crippen LogP contribution in [-0.4, -0.2) is 44.3 Å². The van der Waals surface area contributed by atoms with Crippen molar-refractivity contribution in [1.29, 1.82) is 0 Å². The van der Waals surface area contributed by atoms with Crippen LogP contribution < -0.4 is 0 Å². The standard InChI is InChI=1S/C18H14ClF3N2O5S/c1-24(2)16(25)15(30(27,28)14-8-6-13(19)7-9-14)23-29-17(26)11-4-3-5-12(10-11)18(20,21)22/h3-10H,1-2H3. The maximum atomic E-state index is 12.8. The molecule has 7 nitrogen and oxygen atoms in total. The van der Waals surface area contributed by atoms with Crippen LogP contribution in [0.2, 0.25) is 5.02 Å². The van der Waals surface area contributed by atoms with Crippen molar-refractivity contribution in [3.05, 3.63) is 64.7 Å². The monoisotopic (exact) mass is 462 g/mol. The van der Waals surface area contributed by atoms with Gasteiger partial charge in [0.2, 0.25) is 9.84 Å². The number of oxime groups is 1. The Labute approximate surface area is 174 Å². The molecular weight excluding hydrogens is 449 g/mol. The molecule has 0 heterocycles. The maximum absolute atomic E-state index is 12.8. The molecule has 0 saturated heterocycles. The molecule has 0 aliphatic carbocycles. The highest BCUT2D eigenvalue weighted by atomic mass is 35.5. The van der Waals surface area contributed by atoms with E-state index >= 15 is 0 Å². The largest absolute Gasteiger partial charge is 0.416 e. The van der Waals surface area contributed by atoms with E-state index in [2.05, 4.69) is 9.99 Å². The van der Waals surface area contributed by atoms with Crippen LogP contribution in [0.15, 0.2) is 58.6 Å². The Morgan fingerprint density at radius 2 is 1.67 bits per heavy atom. The highest BCUT2D eigenvalue weighted by Crippen LogP contribution is 2.29. The number of sulfone groups is 1. The van der Waals surface area contributed by atoms with Crippen molar-refractivity contribution >= 4 is 38.4 Å². The fraction of sp³-hybridized carbons (Fsp3) is 0.167. The van der Waals surface area contributed by atoms with E-state index < -0.39 is 44.1 Å². The average molecular weight is 463 g/mol. The predicted molar refractivity (Wildman–Crippen MR) is 102 cm³/mol. The molecule has 0 N–H and O–H groups in total. The SMILES string of the molecule is CN(C)C(=O)C(=NOC(=O)c1cccc(C(F)(F)F)c1)S(=O)(=O)c1ccc(Cl)cc1. The van der Waals surface area contributed by atoms with Gasteiger partial charge in [0, 0.05) is 19.1 Å². The van der Waals surface area contributed by atoms with Crippen molar-refractivity contribution in [2.75, 3.05) is 14.1 Å². The van der Waals surface area contributed by atoms with Crippen LogP contribution in [-0.2, 0) is 25.6 Å². The lowest BCUT2D eigenvalue weighted by Gasteiger charge is -2.12. The molecule has 0 aromatic heterocycles. The van der Waals surface area contributed by atoms with Gasteiger partial charge in [-0.05, 0) is 42.5 Å². The zero-order chi connectivity index (χ0) is 22.7. The molecule has 0 spiro atoms. The summed E-state index contributed by atoms with van der Waals surface area (Å²) >= 11 is 5.72. The molecule has 1 amide bonds. The molecule has 0 radical (unpaired) electrons. The third-order valence-corrected chi connectivity index (χ3v) is 5.51. The predicted octanol–water partition coefficient (Wildman–Crippen LogP) is 3.39. The molecule has 2 rings (SSSR count). The van der Waals surface area contributed by atoms with E-state index in [1.165, 1.54) is 26.2 Å². The van der Waals surface area contributed by atoms with E-state index in [-0.39, 0.29) is 9.92 Å². The Morgan fingerprint density at radius 3 is 2.20 bits per heavy atom. The molecule has 30 heavy (non-hydrogen) atoms. The number of benzene rings is 2. The van der Waals surface area contributed by atoms with Crippen LogP contribution in [0.5, 0.6) is 0 Å². The smallest absolute Gasteiger partial charge is 0.343 e. The van der Waals surface area contributed by atoms with Crippen LogP contribution in [0.3, 0.4) is 0 Å². The van der Waals surface area contributed by atoms with E-state index in [1.54, 1.807) is 0 Å². The van der Waals surface area contributed by atoms with Gasteiger partial charge in [-0.3, -0.25) is 4.79 Å². The fourth-order valence-electron chi connectivity index (χ4n) is 2.08. The van der Waals surface area contributed by atoms with E-state index in [1.807, 2.05) is 0 Å². The molecule has 160 valence electrons. The van der Waals surface area contributed by atoms with Crippen LogP contribution in [0, 0.1) is 0 Å². The molecule has 0 atom stereocenters. The summed E-state index contributed by atoms with van der Waals surface area (Å²) in [5, 5.41) is 2.27. The second-order valence-corrected chi connectivity index (χ2v) is 8.31. The first kappa shape index (κ1) is 23.4. The van der Waals surface area contributed by atoms with Gasteiger partial charge in [-0.15, -0.1) is 0 Å². The van der Waals surface area contributed by atoms with Crippen LogP contribution in [0.4, 0.5) is 13.2 Å². The van der Waals surface area contributed by atoms with Gasteiger partial charge in [0.1, 0.15) is 0 Å². The van der Waals surface area contributed by atoms with Crippen molar-refractivity contribution in [2.24, 2.45) is 5.16 Å². The van der Waals surface area contributed by atoms with Crippen molar-refractivity contribution in [3.8, 4) is 0 Å². The highest BCUT2D eigenvalue weighted by Gasteiger charge is 2.33. The average Bonchev–Trinajstić information content (AvgIpc) is 2.67. The van der Waals surface area contributed by atoms with Crippen LogP contribution in [0.1, 0.15) is 15.9 Å². The van der Waals surface area contributed by atoms with Gasteiger partial charge in [0.05, 0.1) is 16.0 Å². The molecule has 0 bridgehead atoms. The summed E-state index contributed by atoms with van der Waals surface area (Å²) in [6.07, 6.45) is -4.70. The van der Waals surface area contributed by atoms with Crippen molar-refractivity contribution < 1.29 is 36.0 Å². The summed E-state index contributed by atoms with van der Waals surface area (Å²) in [6.45, 7) is 0. The Bertz CT molecular complexity index is 1100. The normalized spacial score (nSPS) is 12.4. The summed E-state index contributed by atoms with van der Waals surface area (Å²) in [6, 6.07) is 8.01. The zero-order valence-corrected chi connectivity index (χ0v) is 17.0. The van der Waals surface area contributed by atoms with Gasteiger partial charge in [-0.2, -0.15) is 13.2 Å². The second kappa shape index (κ2) is 8.84. The molecule has 2 aromatic rings. The summed E-state index contributed by atoms with van der Waals surface area (Å²) in [5.41, 5.74) is -1.64. The molecule has 0 unspecified atom stereocenters. The van der Waals surface area contributed by atoms with Crippen molar-refractivity contribution in [3.63, 3.8) is 0 Å². The van der Waals surface area contributed by atoms with Gasteiger partial charge < -0.3 is 9.74 Å². The third kappa shape index (κ3) is 5.36. The number of hydrogen-bond acceptors (Lipinski definition) is 6. The molecule has 0 saturated carbocycles. The topological polar surface area (TPSA) is 93.1 Å². The van der Waals surface area contributed by atoms with Gasteiger partial charge >= 0.3 is 12.1 Å². The van der Waals surface area contributed by atoms with E-state index in [0.29, 0.717) is 6.07 Å². The van der Waals surface area contributed by atoms with Gasteiger partial charge in [-0.1, -0.05) is 22.8 Å². The molecule has 0 aliphatic rings. The van der Waals surface area contributed by atoms with Crippen molar-refractivity contribution in [2.45, 2.75) is 11.1 Å². The quantitative estimate of drug-likeness (QED) is 0.302. The van der Waals surface area contributed by atoms with Crippen molar-refractivity contribution in [1.82, 2.24) is 4.90 Å². The highest BCUT2D eigenvalue weighted by molar-refractivity contribution is 8.08. The fourth-order valence-corrected chi connectivity index (χ4v) is 3.47. The lowest BCUT2D eigenvalue weighted by molar-refractivity contribution is -0.137. The Balaban J connectivity index is 2.42. The lowest BCUT2D eigenvalue weighted by Crippen LogP contribution is -2.35. The number of amides is 1. The number of rotatable bonds is 3. The number of alkyl halides is 3. The van der Waals surface area contributed by atoms with E-state index in [9.17, 15) is 31.2 Å². The number of nitrogens with zero attached hydrogens (tertiary/aromatic N) is 2. The third-order valence-electron chi connectivity index (χ3n) is 3.60. The zero-order valence-electron chi connectivity index (χ0n) is 15.5. The molecule has 12 heteroatoms. The Hall–Kier alpha value is -2.92. The first-order chi connectivity index (χ1) is 13.8. The first-order valence-corrected chi connectivity index (χ1v) is 9.89. The number of carbonyl (C=O) groups is 2. The summed E-state index contributed by atoms with van der Waals surface area (Å²) in [5.74, 6) is -2.49. The molecule has 2 aromatic carbocycles. The summed E-state index contributed by atoms with van der Waals surface area (Å²) in [4.78, 5) is 29.4. The van der Waals surface area contributed by atoms with Crippen LogP contribution >= 0.6 is 11.6 Å². The molecule has 0 fully saturated rings. The maximum Gasteiger partial charge on any atom is 0.416 e. The number of halogens is 4. The summed E-state index contributed by atoms with van der Waals surface area (Å²) in [7, 11) is -2.05. The Morgan fingerprint density at radius 1 is 1.07 bits per heavy atom. The minimum Gasteiger partial charge on any atom is -0.343 e. The lowest BCUT2D eigenvalue weighted by atomic mass is 10.1. The van der Waals surface area contributed by atoms with Crippen LogP contribution in [0.25, 0.3) is 0 Å². The van der Waals surface area contributed by atoms with E-state index in [4.69, 9.17) is 11.6 Å². The minimum atomic E-state index is -4.70. The molecule has 0 aliphatic heterocycles. The number of hydrogen-bond donors (Lipinski definition) is 0. The molecular formula is C18H14ClF3N2O5S. The minimum absolute atomic E-state index is 0.238. The van der Waals surface area contributed by atoms with E-state index in [0.717, 1.165) is 35.2 Å². The Kier molecular flexibility index (Phi) is 6.88. The first-order valence-electron chi connectivity index (χ1n) is 8.03. The van der Waals surface area contributed by atoms with Gasteiger partial charge in [0.25, 0.3) is 11.0 Å². The summed E-state index contributed by atoms with van der Waals surface area (Å²) < 4.78 is 63.9. The van der Waals surface area contributed by atoms with Gasteiger partial charge in [-0.25, -0.2) is 13.2 Å².